The van der Waals surface area contributed by atoms with Gasteiger partial charge in [-0.2, -0.15) is 11.3 Å². The minimum absolute atomic E-state index is 0.361. The number of hydrogen-bond donors (Lipinski definition) is 2. The molecular formula is C14H24N2O2S. The van der Waals surface area contributed by atoms with Crippen LogP contribution in [0, 0.1) is 0 Å². The maximum Gasteiger partial charge on any atom is 0.407 e. The Kier molecular flexibility index (Phi) is 6.31. The molecule has 0 saturated carbocycles. The summed E-state index contributed by atoms with van der Waals surface area (Å²) in [6, 6.07) is 2.54. The molecule has 0 spiro atoms. The van der Waals surface area contributed by atoms with Gasteiger partial charge in [0.1, 0.15) is 5.60 Å². The highest BCUT2D eigenvalue weighted by Crippen LogP contribution is 2.08. The number of rotatable bonds is 6. The van der Waals surface area contributed by atoms with E-state index < -0.39 is 5.60 Å². The van der Waals surface area contributed by atoms with Crippen LogP contribution in [0.1, 0.15) is 33.3 Å². The number of thiophene rings is 1. The molecule has 0 saturated heterocycles. The van der Waals surface area contributed by atoms with E-state index in [1.54, 1.807) is 11.3 Å². The van der Waals surface area contributed by atoms with Gasteiger partial charge in [-0.3, -0.25) is 0 Å². The van der Waals surface area contributed by atoms with Gasteiger partial charge in [0, 0.05) is 19.1 Å². The minimum Gasteiger partial charge on any atom is -0.444 e. The zero-order valence-electron chi connectivity index (χ0n) is 12.2. The van der Waals surface area contributed by atoms with Crippen molar-refractivity contribution in [2.75, 3.05) is 13.1 Å². The lowest BCUT2D eigenvalue weighted by molar-refractivity contribution is 0.0528. The van der Waals surface area contributed by atoms with E-state index in [4.69, 9.17) is 4.74 Å². The molecule has 0 aliphatic carbocycles. The number of nitrogens with one attached hydrogen (secondary N) is 2. The zero-order chi connectivity index (χ0) is 14.3. The molecular weight excluding hydrogens is 260 g/mol. The predicted molar refractivity (Wildman–Crippen MR) is 79.7 cm³/mol. The van der Waals surface area contributed by atoms with E-state index in [-0.39, 0.29) is 6.09 Å². The van der Waals surface area contributed by atoms with E-state index in [1.165, 1.54) is 5.56 Å². The lowest BCUT2D eigenvalue weighted by Crippen LogP contribution is -2.39. The van der Waals surface area contributed by atoms with Gasteiger partial charge in [0.2, 0.25) is 0 Å². The van der Waals surface area contributed by atoms with E-state index in [9.17, 15) is 4.79 Å². The van der Waals surface area contributed by atoms with Gasteiger partial charge in [0.15, 0.2) is 0 Å². The first-order chi connectivity index (χ1) is 8.87. The number of alkyl carbamates (subject to hydrolysis) is 1. The Morgan fingerprint density at radius 2 is 2.16 bits per heavy atom. The van der Waals surface area contributed by atoms with E-state index in [2.05, 4.69) is 34.4 Å². The normalized spacial score (nSPS) is 13.1. The van der Waals surface area contributed by atoms with Gasteiger partial charge in [0.25, 0.3) is 0 Å². The molecule has 0 fully saturated rings. The lowest BCUT2D eigenvalue weighted by Gasteiger charge is -2.20. The number of carbonyl (C=O) groups excluding carboxylic acids is 1. The van der Waals surface area contributed by atoms with Crippen LogP contribution in [-0.4, -0.2) is 30.8 Å². The van der Waals surface area contributed by atoms with Crippen molar-refractivity contribution in [1.82, 2.24) is 10.6 Å². The molecule has 0 aliphatic heterocycles. The fourth-order valence-electron chi connectivity index (χ4n) is 1.63. The molecule has 1 unspecified atom stereocenters. The predicted octanol–water partition coefficient (Wildman–Crippen LogP) is 2.79. The van der Waals surface area contributed by atoms with Crippen LogP contribution in [-0.2, 0) is 11.2 Å². The molecule has 4 nitrogen and oxygen atoms in total. The molecule has 1 aromatic heterocycles. The summed E-state index contributed by atoms with van der Waals surface area (Å²) in [6.45, 7) is 9.02. The summed E-state index contributed by atoms with van der Waals surface area (Å²) in [5.74, 6) is 0. The molecule has 1 heterocycles. The molecule has 2 N–H and O–H groups in total. The Bertz CT molecular complexity index is 371. The monoisotopic (exact) mass is 284 g/mol. The van der Waals surface area contributed by atoms with E-state index in [0.717, 1.165) is 13.0 Å². The second-order valence-electron chi connectivity index (χ2n) is 5.62. The Labute approximate surface area is 119 Å². The van der Waals surface area contributed by atoms with Crippen LogP contribution in [0.5, 0.6) is 0 Å². The highest BCUT2D eigenvalue weighted by atomic mass is 32.1. The molecule has 19 heavy (non-hydrogen) atoms. The number of carbonyl (C=O) groups is 1. The maximum absolute atomic E-state index is 11.4. The van der Waals surface area contributed by atoms with Gasteiger partial charge in [-0.1, -0.05) is 0 Å². The number of ether oxygens (including phenoxy) is 1. The molecule has 108 valence electrons. The number of amides is 1. The second-order valence-corrected chi connectivity index (χ2v) is 6.40. The first-order valence-electron chi connectivity index (χ1n) is 6.58. The largest absolute Gasteiger partial charge is 0.444 e. The molecule has 0 aliphatic rings. The quantitative estimate of drug-likeness (QED) is 0.790. The van der Waals surface area contributed by atoms with Crippen molar-refractivity contribution in [2.45, 2.75) is 45.8 Å². The van der Waals surface area contributed by atoms with E-state index in [1.807, 2.05) is 20.8 Å². The summed E-state index contributed by atoms with van der Waals surface area (Å²) in [5, 5.41) is 10.4. The first kappa shape index (κ1) is 16.0. The van der Waals surface area contributed by atoms with Crippen LogP contribution in [0.25, 0.3) is 0 Å². The third-order valence-electron chi connectivity index (χ3n) is 2.41. The van der Waals surface area contributed by atoms with Gasteiger partial charge in [-0.05, 0) is 56.5 Å². The van der Waals surface area contributed by atoms with Crippen LogP contribution < -0.4 is 10.6 Å². The Morgan fingerprint density at radius 1 is 1.42 bits per heavy atom. The first-order valence-corrected chi connectivity index (χ1v) is 7.52. The van der Waals surface area contributed by atoms with E-state index >= 15 is 0 Å². The van der Waals surface area contributed by atoms with Crippen LogP contribution in [0.2, 0.25) is 0 Å². The minimum atomic E-state index is -0.441. The van der Waals surface area contributed by atoms with Crippen molar-refractivity contribution < 1.29 is 9.53 Å². The Morgan fingerprint density at radius 3 is 2.74 bits per heavy atom. The highest BCUT2D eigenvalue weighted by molar-refractivity contribution is 7.07. The van der Waals surface area contributed by atoms with Gasteiger partial charge >= 0.3 is 6.09 Å². The molecule has 1 rings (SSSR count). The molecule has 0 radical (unpaired) electrons. The van der Waals surface area contributed by atoms with Crippen molar-refractivity contribution >= 4 is 17.4 Å². The Hall–Kier alpha value is -1.07. The van der Waals surface area contributed by atoms with Crippen LogP contribution >= 0.6 is 11.3 Å². The van der Waals surface area contributed by atoms with E-state index in [0.29, 0.717) is 12.6 Å². The summed E-state index contributed by atoms with van der Waals surface area (Å²) >= 11 is 1.72. The average molecular weight is 284 g/mol. The van der Waals surface area contributed by atoms with Crippen LogP contribution in [0.15, 0.2) is 16.8 Å². The second kappa shape index (κ2) is 7.50. The van der Waals surface area contributed by atoms with Gasteiger partial charge in [-0.15, -0.1) is 0 Å². The molecule has 1 aromatic rings. The topological polar surface area (TPSA) is 50.4 Å². The standard InChI is InChI=1S/C14H24N2O2S/c1-11(9-12-5-8-19-10-12)15-6-7-16-13(17)18-14(2,3)4/h5,8,10-11,15H,6-7,9H2,1-4H3,(H,16,17). The summed E-state index contributed by atoms with van der Waals surface area (Å²) in [4.78, 5) is 11.4. The SMILES string of the molecule is CC(Cc1ccsc1)NCCNC(=O)OC(C)(C)C. The fraction of sp³-hybridized carbons (Fsp3) is 0.643. The molecule has 5 heteroatoms. The molecule has 1 amide bonds. The summed E-state index contributed by atoms with van der Waals surface area (Å²) in [7, 11) is 0. The summed E-state index contributed by atoms with van der Waals surface area (Å²) in [6.07, 6.45) is 0.649. The van der Waals surface area contributed by atoms with Gasteiger partial charge in [-0.25, -0.2) is 4.79 Å². The summed E-state index contributed by atoms with van der Waals surface area (Å²) in [5.41, 5.74) is 0.911. The summed E-state index contributed by atoms with van der Waals surface area (Å²) < 4.78 is 5.15. The van der Waals surface area contributed by atoms with Crippen LogP contribution in [0.3, 0.4) is 0 Å². The fourth-order valence-corrected chi connectivity index (χ4v) is 2.31. The smallest absolute Gasteiger partial charge is 0.407 e. The Balaban J connectivity index is 2.09. The third-order valence-corrected chi connectivity index (χ3v) is 3.14. The highest BCUT2D eigenvalue weighted by Gasteiger charge is 2.15. The molecule has 1 atom stereocenters. The third kappa shape index (κ3) is 7.85. The van der Waals surface area contributed by atoms with Crippen molar-refractivity contribution in [3.63, 3.8) is 0 Å². The van der Waals surface area contributed by atoms with Crippen molar-refractivity contribution in [1.29, 1.82) is 0 Å². The van der Waals surface area contributed by atoms with Crippen molar-refractivity contribution in [2.24, 2.45) is 0 Å². The van der Waals surface area contributed by atoms with Crippen LogP contribution in [0.4, 0.5) is 4.79 Å². The zero-order valence-corrected chi connectivity index (χ0v) is 13.0. The maximum atomic E-state index is 11.4. The van der Waals surface area contributed by atoms with Crippen molar-refractivity contribution in [3.05, 3.63) is 22.4 Å². The van der Waals surface area contributed by atoms with Gasteiger partial charge < -0.3 is 15.4 Å². The van der Waals surface area contributed by atoms with Gasteiger partial charge in [0.05, 0.1) is 0 Å². The average Bonchev–Trinajstić information content (AvgIpc) is 2.74. The van der Waals surface area contributed by atoms with Crippen molar-refractivity contribution in [3.8, 4) is 0 Å². The lowest BCUT2D eigenvalue weighted by atomic mass is 10.1. The molecule has 0 aromatic carbocycles. The number of hydrogen-bond acceptors (Lipinski definition) is 4. The molecule has 0 bridgehead atoms.